The number of benzene rings is 2. The van der Waals surface area contributed by atoms with E-state index in [0.717, 1.165) is 15.2 Å². The number of ether oxygens (including phenoxy) is 1. The molecule has 2 heterocycles. The van der Waals surface area contributed by atoms with Gasteiger partial charge in [-0.2, -0.15) is 5.26 Å². The summed E-state index contributed by atoms with van der Waals surface area (Å²) in [6, 6.07) is 11.0. The first-order chi connectivity index (χ1) is 16.4. The third-order valence-electron chi connectivity index (χ3n) is 5.38. The Morgan fingerprint density at radius 3 is 2.76 bits per heavy atom. The van der Waals surface area contributed by atoms with E-state index in [4.69, 9.17) is 33.2 Å². The Balaban J connectivity index is 1.26. The second-order valence-electron chi connectivity index (χ2n) is 7.90. The van der Waals surface area contributed by atoms with Crippen LogP contribution in [0.1, 0.15) is 5.01 Å². The number of anilines is 1. The molecule has 3 aromatic rings. The molecule has 1 atom stereocenters. The number of rotatable bonds is 6. The third-order valence-corrected chi connectivity index (χ3v) is 7.07. The highest BCUT2D eigenvalue weighted by molar-refractivity contribution is 7.18. The van der Waals surface area contributed by atoms with Crippen LogP contribution in [0.4, 0.5) is 5.69 Å². The fourth-order valence-electron chi connectivity index (χ4n) is 3.73. The van der Waals surface area contributed by atoms with Gasteiger partial charge in [0.25, 0.3) is 0 Å². The fraction of sp³-hybridized carbons (Fsp3) is 0.348. The number of halogens is 2. The van der Waals surface area contributed by atoms with Gasteiger partial charge in [-0.3, -0.25) is 4.90 Å². The van der Waals surface area contributed by atoms with Crippen LogP contribution in [0.15, 0.2) is 41.4 Å². The quantitative estimate of drug-likeness (QED) is 0.286. The Morgan fingerprint density at radius 1 is 1.24 bits per heavy atom. The van der Waals surface area contributed by atoms with Gasteiger partial charge in [0.2, 0.25) is 12.2 Å². The largest absolute Gasteiger partial charge is 0.491 e. The van der Waals surface area contributed by atoms with E-state index in [2.05, 4.69) is 20.2 Å². The van der Waals surface area contributed by atoms with Crippen LogP contribution in [0, 0.1) is 18.4 Å². The molecular formula is C23H24Cl2N6O2S. The van der Waals surface area contributed by atoms with Crippen molar-refractivity contribution in [1.29, 1.82) is 5.26 Å². The molecule has 0 radical (unpaired) electrons. The van der Waals surface area contributed by atoms with E-state index < -0.39 is 6.10 Å². The molecule has 11 heteroatoms. The first-order valence-electron chi connectivity index (χ1n) is 10.8. The lowest BCUT2D eigenvalue weighted by Crippen LogP contribution is -2.52. The van der Waals surface area contributed by atoms with E-state index in [1.54, 1.807) is 29.5 Å². The molecule has 4 rings (SSSR count). The van der Waals surface area contributed by atoms with Crippen molar-refractivity contribution < 1.29 is 9.84 Å². The number of aryl methyl sites for hydroxylation is 1. The van der Waals surface area contributed by atoms with Crippen LogP contribution in [-0.2, 0) is 0 Å². The highest BCUT2D eigenvalue weighted by Crippen LogP contribution is 2.26. The summed E-state index contributed by atoms with van der Waals surface area (Å²) in [6.07, 6.45) is 1.23. The fourth-order valence-corrected chi connectivity index (χ4v) is 4.83. The molecule has 1 saturated heterocycles. The van der Waals surface area contributed by atoms with Gasteiger partial charge in [0, 0.05) is 44.5 Å². The molecule has 0 bridgehead atoms. The van der Waals surface area contributed by atoms with Crippen molar-refractivity contribution in [3.05, 3.63) is 51.5 Å². The average molecular weight is 519 g/mol. The molecule has 1 aliphatic rings. The number of aliphatic hydroxyl groups excluding tert-OH is 1. The highest BCUT2D eigenvalue weighted by Gasteiger charge is 2.22. The number of aliphatic hydroxyl groups is 1. The van der Waals surface area contributed by atoms with Crippen molar-refractivity contribution in [2.24, 2.45) is 4.99 Å². The van der Waals surface area contributed by atoms with E-state index >= 15 is 0 Å². The first-order valence-corrected chi connectivity index (χ1v) is 12.3. The van der Waals surface area contributed by atoms with Gasteiger partial charge in [-0.1, -0.05) is 23.2 Å². The van der Waals surface area contributed by atoms with Crippen LogP contribution >= 0.6 is 34.5 Å². The van der Waals surface area contributed by atoms with Crippen LogP contribution in [0.25, 0.3) is 10.2 Å². The number of β-amino-alcohol motifs (C(OH)–C–C–N with tert-alkyl or cyclic N) is 1. The molecule has 0 unspecified atom stereocenters. The van der Waals surface area contributed by atoms with E-state index in [0.29, 0.717) is 60.2 Å². The van der Waals surface area contributed by atoms with Gasteiger partial charge in [0.1, 0.15) is 18.5 Å². The van der Waals surface area contributed by atoms with Crippen LogP contribution in [0.5, 0.6) is 5.75 Å². The van der Waals surface area contributed by atoms with Gasteiger partial charge in [-0.05, 0) is 37.3 Å². The summed E-state index contributed by atoms with van der Waals surface area (Å²) in [4.78, 5) is 12.6. The predicted molar refractivity (Wildman–Crippen MR) is 137 cm³/mol. The maximum atomic E-state index is 10.5. The summed E-state index contributed by atoms with van der Waals surface area (Å²) < 4.78 is 6.92. The molecule has 8 nitrogen and oxygen atoms in total. The summed E-state index contributed by atoms with van der Waals surface area (Å²) in [7, 11) is 0. The molecule has 1 fully saturated rings. The summed E-state index contributed by atoms with van der Waals surface area (Å²) in [5.41, 5.74) is 1.61. The number of hydrogen-bond donors (Lipinski definition) is 2. The molecule has 178 valence electrons. The van der Waals surface area contributed by atoms with Gasteiger partial charge in [0.05, 0.1) is 25.3 Å². The standard InChI is InChI=1S/C23H24Cl2N6O2S/c1-15-28-21-11-18(3-5-22(21)34-15)33-13-17(32)12-30-6-8-31(9-7-30)23(27-14-26)29-16-2-4-19(24)20(25)10-16/h2-5,10-11,17,32H,6-9,12-13H2,1H3,(H,27,29)/t17-/m1/s1. The minimum absolute atomic E-state index is 0.203. The summed E-state index contributed by atoms with van der Waals surface area (Å²) >= 11 is 13.7. The van der Waals surface area contributed by atoms with E-state index in [9.17, 15) is 5.11 Å². The number of nitriles is 1. The minimum atomic E-state index is -0.624. The zero-order valence-corrected chi connectivity index (χ0v) is 20.9. The average Bonchev–Trinajstić information content (AvgIpc) is 3.19. The number of aliphatic imine (C=N–C) groups is 1. The zero-order valence-electron chi connectivity index (χ0n) is 18.5. The van der Waals surface area contributed by atoms with Crippen molar-refractivity contribution in [3.8, 4) is 11.9 Å². The Kier molecular flexibility index (Phi) is 8.08. The smallest absolute Gasteiger partial charge is 0.214 e. The molecular weight excluding hydrogens is 495 g/mol. The normalized spacial score (nSPS) is 15.9. The highest BCUT2D eigenvalue weighted by atomic mass is 35.5. The first kappa shape index (κ1) is 24.5. The van der Waals surface area contributed by atoms with Gasteiger partial charge >= 0.3 is 0 Å². The van der Waals surface area contributed by atoms with Crippen molar-refractivity contribution >= 4 is 56.4 Å². The van der Waals surface area contributed by atoms with Crippen molar-refractivity contribution in [2.75, 3.05) is 44.6 Å². The van der Waals surface area contributed by atoms with E-state index in [1.165, 1.54) is 0 Å². The van der Waals surface area contributed by atoms with Crippen LogP contribution in [0.2, 0.25) is 10.0 Å². The molecule has 0 saturated carbocycles. The Morgan fingerprint density at radius 2 is 2.03 bits per heavy atom. The van der Waals surface area contributed by atoms with Crippen LogP contribution < -0.4 is 10.1 Å². The van der Waals surface area contributed by atoms with Gasteiger partial charge in [-0.15, -0.1) is 16.3 Å². The number of hydrogen-bond acceptors (Lipinski definition) is 7. The van der Waals surface area contributed by atoms with Crippen LogP contribution in [0.3, 0.4) is 0 Å². The Labute approximate surface area is 212 Å². The molecule has 2 aromatic carbocycles. The topological polar surface area (TPSA) is 97.0 Å². The van der Waals surface area contributed by atoms with Crippen molar-refractivity contribution in [1.82, 2.24) is 14.8 Å². The number of nitrogens with one attached hydrogen (secondary N) is 1. The number of nitrogens with zero attached hydrogens (tertiary/aromatic N) is 5. The van der Waals surface area contributed by atoms with Gasteiger partial charge < -0.3 is 20.1 Å². The Hall–Kier alpha value is -2.61. The number of guanidine groups is 1. The lowest BCUT2D eigenvalue weighted by Gasteiger charge is -2.36. The summed E-state index contributed by atoms with van der Waals surface area (Å²) in [5, 5.41) is 24.6. The monoisotopic (exact) mass is 518 g/mol. The zero-order chi connectivity index (χ0) is 24.1. The molecule has 0 aliphatic carbocycles. The van der Waals surface area contributed by atoms with Crippen LogP contribution in [-0.4, -0.2) is 71.3 Å². The lowest BCUT2D eigenvalue weighted by atomic mass is 10.2. The second-order valence-corrected chi connectivity index (χ2v) is 9.95. The molecule has 1 aromatic heterocycles. The number of thiazole rings is 1. The predicted octanol–water partition coefficient (Wildman–Crippen LogP) is 4.22. The molecule has 0 spiro atoms. The molecule has 2 N–H and O–H groups in total. The number of aromatic nitrogens is 1. The third kappa shape index (κ3) is 6.29. The van der Waals surface area contributed by atoms with Gasteiger partial charge in [0.15, 0.2) is 0 Å². The van der Waals surface area contributed by atoms with Crippen molar-refractivity contribution in [3.63, 3.8) is 0 Å². The maximum Gasteiger partial charge on any atom is 0.214 e. The van der Waals surface area contributed by atoms with Gasteiger partial charge in [-0.25, -0.2) is 4.98 Å². The molecule has 34 heavy (non-hydrogen) atoms. The summed E-state index contributed by atoms with van der Waals surface area (Å²) in [6.45, 7) is 5.42. The molecule has 1 aliphatic heterocycles. The van der Waals surface area contributed by atoms with E-state index in [1.807, 2.05) is 36.2 Å². The summed E-state index contributed by atoms with van der Waals surface area (Å²) in [5.74, 6) is 1.16. The molecule has 0 amide bonds. The second kappa shape index (κ2) is 11.2. The SMILES string of the molecule is Cc1nc2cc(OC[C@H](O)CN3CCN(/C(=N/C#N)Nc4ccc(Cl)c(Cl)c4)CC3)ccc2s1. The maximum absolute atomic E-state index is 10.5. The van der Waals surface area contributed by atoms with E-state index in [-0.39, 0.29) is 6.61 Å². The minimum Gasteiger partial charge on any atom is -0.491 e. The number of fused-ring (bicyclic) bond motifs is 1. The lowest BCUT2D eigenvalue weighted by molar-refractivity contribution is 0.0556. The Bertz CT molecular complexity index is 1220. The number of piperazine rings is 1. The van der Waals surface area contributed by atoms with Crippen molar-refractivity contribution in [2.45, 2.75) is 13.0 Å².